The molecule has 1 aliphatic heterocycles. The molecule has 0 spiro atoms. The fourth-order valence-corrected chi connectivity index (χ4v) is 4.47. The predicted octanol–water partition coefficient (Wildman–Crippen LogP) is 2.98. The second-order valence-electron chi connectivity index (χ2n) is 9.05. The molecule has 1 atom stereocenters. The lowest BCUT2D eigenvalue weighted by Gasteiger charge is -2.24. The van der Waals surface area contributed by atoms with E-state index in [1.807, 2.05) is 6.07 Å². The Labute approximate surface area is 228 Å². The van der Waals surface area contributed by atoms with E-state index in [1.165, 1.54) is 43.5 Å². The molecule has 3 amide bonds. The summed E-state index contributed by atoms with van der Waals surface area (Å²) in [5.41, 5.74) is 0.201. The number of imide groups is 1. The van der Waals surface area contributed by atoms with E-state index in [4.69, 9.17) is 13.9 Å². The average Bonchev–Trinajstić information content (AvgIpc) is 3.21. The van der Waals surface area contributed by atoms with Crippen molar-refractivity contribution >= 4 is 34.7 Å². The number of rotatable bonds is 9. The minimum Gasteiger partial charge on any atom is -0.425 e. The van der Waals surface area contributed by atoms with E-state index in [1.54, 1.807) is 36.4 Å². The number of hydrogen-bond acceptors (Lipinski definition) is 8. The maximum Gasteiger partial charge on any atom is 0.349 e. The molecule has 2 heterocycles. The lowest BCUT2D eigenvalue weighted by atomic mass is 10.0. The standard InChI is InChI=1S/C30H24N2O8/c1-38-14-13-31-26(33)23-16-19-11-12-20(17-25(19)40-29(23)36)39-30(37)24(15-18-7-3-2-4-8-18)32-27(34)21-9-5-6-10-22(21)28(32)35/h2-12,16-17,24H,13-15H2,1H3,(H,31,33). The van der Waals surface area contributed by atoms with Gasteiger partial charge < -0.3 is 19.2 Å². The summed E-state index contributed by atoms with van der Waals surface area (Å²) in [4.78, 5) is 65.6. The zero-order valence-corrected chi connectivity index (χ0v) is 21.4. The van der Waals surface area contributed by atoms with Crippen molar-refractivity contribution in [3.05, 3.63) is 112 Å². The Bertz CT molecular complexity index is 1640. The van der Waals surface area contributed by atoms with Crippen LogP contribution in [-0.2, 0) is 16.0 Å². The Hall–Kier alpha value is -5.09. The monoisotopic (exact) mass is 540 g/mol. The van der Waals surface area contributed by atoms with Crippen molar-refractivity contribution in [2.24, 2.45) is 0 Å². The second kappa shape index (κ2) is 11.3. The molecule has 5 rings (SSSR count). The number of methoxy groups -OCH3 is 1. The highest BCUT2D eigenvalue weighted by Crippen LogP contribution is 2.28. The van der Waals surface area contributed by atoms with Gasteiger partial charge in [-0.3, -0.25) is 19.3 Å². The molecule has 4 aromatic rings. The Morgan fingerprint density at radius 3 is 2.25 bits per heavy atom. The van der Waals surface area contributed by atoms with Crippen LogP contribution in [0.3, 0.4) is 0 Å². The predicted molar refractivity (Wildman–Crippen MR) is 143 cm³/mol. The first kappa shape index (κ1) is 26.5. The highest BCUT2D eigenvalue weighted by Gasteiger charge is 2.43. The lowest BCUT2D eigenvalue weighted by molar-refractivity contribution is -0.138. The first-order valence-corrected chi connectivity index (χ1v) is 12.4. The Kier molecular flexibility index (Phi) is 7.52. The fraction of sp³-hybridized carbons (Fsp3) is 0.167. The molecular formula is C30H24N2O8. The number of carbonyl (C=O) groups excluding carboxylic acids is 4. The van der Waals surface area contributed by atoms with Crippen LogP contribution in [0, 0.1) is 0 Å². The van der Waals surface area contributed by atoms with Crippen molar-refractivity contribution in [3.8, 4) is 5.75 Å². The van der Waals surface area contributed by atoms with E-state index in [2.05, 4.69) is 5.32 Å². The van der Waals surface area contributed by atoms with Crippen LogP contribution in [0.5, 0.6) is 5.75 Å². The summed E-state index contributed by atoms with van der Waals surface area (Å²) >= 11 is 0. The molecule has 3 aromatic carbocycles. The minimum absolute atomic E-state index is 0.0348. The summed E-state index contributed by atoms with van der Waals surface area (Å²) in [7, 11) is 1.49. The molecule has 40 heavy (non-hydrogen) atoms. The van der Waals surface area contributed by atoms with E-state index in [0.717, 1.165) is 10.5 Å². The van der Waals surface area contributed by atoms with Gasteiger partial charge in [0.2, 0.25) is 0 Å². The molecule has 10 nitrogen and oxygen atoms in total. The SMILES string of the molecule is COCCNC(=O)c1cc2ccc(OC(=O)C(Cc3ccccc3)N3C(=O)c4ccccc4C3=O)cc2oc1=O. The maximum absolute atomic E-state index is 13.5. The van der Waals surface area contributed by atoms with Gasteiger partial charge in [0.25, 0.3) is 17.7 Å². The largest absolute Gasteiger partial charge is 0.425 e. The molecule has 0 aliphatic carbocycles. The number of ether oxygens (including phenoxy) is 2. The van der Waals surface area contributed by atoms with Gasteiger partial charge >= 0.3 is 11.6 Å². The molecule has 0 saturated carbocycles. The van der Waals surface area contributed by atoms with Crippen molar-refractivity contribution in [1.82, 2.24) is 10.2 Å². The Morgan fingerprint density at radius 1 is 0.900 bits per heavy atom. The zero-order valence-electron chi connectivity index (χ0n) is 21.4. The molecule has 1 aliphatic rings. The normalized spacial score (nSPS) is 13.3. The number of benzene rings is 3. The number of esters is 1. The first-order valence-electron chi connectivity index (χ1n) is 12.4. The van der Waals surface area contributed by atoms with Crippen molar-refractivity contribution in [2.75, 3.05) is 20.3 Å². The number of nitrogens with zero attached hydrogens (tertiary/aromatic N) is 1. The topological polar surface area (TPSA) is 132 Å². The van der Waals surface area contributed by atoms with Crippen LogP contribution in [-0.4, -0.2) is 54.9 Å². The number of nitrogens with one attached hydrogen (secondary N) is 1. The molecule has 10 heteroatoms. The quantitative estimate of drug-likeness (QED) is 0.113. The van der Waals surface area contributed by atoms with Crippen LogP contribution in [0.4, 0.5) is 0 Å². The summed E-state index contributed by atoms with van der Waals surface area (Å²) < 4.78 is 15.8. The lowest BCUT2D eigenvalue weighted by Crippen LogP contribution is -2.48. The average molecular weight is 541 g/mol. The van der Waals surface area contributed by atoms with Gasteiger partial charge in [0.15, 0.2) is 0 Å². The third-order valence-electron chi connectivity index (χ3n) is 6.44. The van der Waals surface area contributed by atoms with E-state index < -0.39 is 35.4 Å². The highest BCUT2D eigenvalue weighted by molar-refractivity contribution is 6.22. The van der Waals surface area contributed by atoms with E-state index in [9.17, 15) is 24.0 Å². The second-order valence-corrected chi connectivity index (χ2v) is 9.05. The van der Waals surface area contributed by atoms with Gasteiger partial charge in [-0.2, -0.15) is 0 Å². The Balaban J connectivity index is 1.42. The minimum atomic E-state index is -1.25. The Morgan fingerprint density at radius 2 is 1.57 bits per heavy atom. The van der Waals surface area contributed by atoms with Crippen molar-refractivity contribution in [2.45, 2.75) is 12.5 Å². The molecule has 1 aromatic heterocycles. The summed E-state index contributed by atoms with van der Waals surface area (Å²) in [5.74, 6) is -2.58. The van der Waals surface area contributed by atoms with E-state index in [-0.39, 0.29) is 47.6 Å². The third-order valence-corrected chi connectivity index (χ3v) is 6.44. The smallest absolute Gasteiger partial charge is 0.349 e. The van der Waals surface area contributed by atoms with Crippen LogP contribution < -0.4 is 15.7 Å². The summed E-state index contributed by atoms with van der Waals surface area (Å²) in [6.07, 6.45) is 0.0371. The summed E-state index contributed by atoms with van der Waals surface area (Å²) in [5, 5.41) is 2.99. The number of carbonyl (C=O) groups is 4. The van der Waals surface area contributed by atoms with Gasteiger partial charge in [0.05, 0.1) is 17.7 Å². The van der Waals surface area contributed by atoms with Gasteiger partial charge in [-0.15, -0.1) is 0 Å². The highest BCUT2D eigenvalue weighted by atomic mass is 16.5. The van der Waals surface area contributed by atoms with Crippen LogP contribution in [0.15, 0.2) is 88.1 Å². The maximum atomic E-state index is 13.5. The third kappa shape index (κ3) is 5.25. The van der Waals surface area contributed by atoms with Crippen LogP contribution in [0.2, 0.25) is 0 Å². The van der Waals surface area contributed by atoms with Gasteiger partial charge in [0, 0.05) is 31.5 Å². The molecule has 0 fully saturated rings. The number of amides is 3. The molecule has 202 valence electrons. The van der Waals surface area contributed by atoms with Crippen molar-refractivity contribution in [1.29, 1.82) is 0 Å². The summed E-state index contributed by atoms with van der Waals surface area (Å²) in [6.45, 7) is 0.504. The van der Waals surface area contributed by atoms with Gasteiger partial charge in [-0.25, -0.2) is 9.59 Å². The van der Waals surface area contributed by atoms with Gasteiger partial charge in [-0.05, 0) is 35.9 Å². The van der Waals surface area contributed by atoms with Gasteiger partial charge in [-0.1, -0.05) is 42.5 Å². The molecule has 0 bridgehead atoms. The van der Waals surface area contributed by atoms with Crippen molar-refractivity contribution in [3.63, 3.8) is 0 Å². The van der Waals surface area contributed by atoms with Crippen LogP contribution >= 0.6 is 0 Å². The first-order chi connectivity index (χ1) is 19.4. The van der Waals surface area contributed by atoms with Gasteiger partial charge in [0.1, 0.15) is 22.9 Å². The molecule has 0 saturated heterocycles. The molecular weight excluding hydrogens is 516 g/mol. The van der Waals surface area contributed by atoms with Crippen molar-refractivity contribution < 1.29 is 33.1 Å². The van der Waals surface area contributed by atoms with Crippen LogP contribution in [0.25, 0.3) is 11.0 Å². The molecule has 1 N–H and O–H groups in total. The van der Waals surface area contributed by atoms with Crippen LogP contribution in [0.1, 0.15) is 36.6 Å². The molecule has 0 radical (unpaired) electrons. The number of fused-ring (bicyclic) bond motifs is 2. The van der Waals surface area contributed by atoms with E-state index >= 15 is 0 Å². The number of hydrogen-bond donors (Lipinski definition) is 1. The van der Waals surface area contributed by atoms with E-state index in [0.29, 0.717) is 5.39 Å². The molecule has 1 unspecified atom stereocenters. The summed E-state index contributed by atoms with van der Waals surface area (Å²) in [6, 6.07) is 19.8. The fourth-order valence-electron chi connectivity index (χ4n) is 4.47. The zero-order chi connectivity index (χ0) is 28.2.